The molecule has 0 atom stereocenters. The molecule has 0 aliphatic carbocycles. The van der Waals surface area contributed by atoms with E-state index in [4.69, 9.17) is 11.6 Å². The van der Waals surface area contributed by atoms with E-state index in [1.807, 2.05) is 0 Å². The van der Waals surface area contributed by atoms with Gasteiger partial charge in [0.05, 0.1) is 0 Å². The zero-order valence-electron chi connectivity index (χ0n) is 10.2. The first-order valence-electron chi connectivity index (χ1n) is 5.47. The third kappa shape index (κ3) is 3.28. The Morgan fingerprint density at radius 1 is 1.21 bits per heavy atom. The average Bonchev–Trinajstić information content (AvgIpc) is 2.40. The third-order valence-corrected chi connectivity index (χ3v) is 4.57. The summed E-state index contributed by atoms with van der Waals surface area (Å²) in [6.45, 7) is 0.271. The van der Waals surface area contributed by atoms with Crippen LogP contribution in [0.4, 0.5) is 0 Å². The molecule has 0 N–H and O–H groups in total. The van der Waals surface area contributed by atoms with E-state index >= 15 is 0 Å². The summed E-state index contributed by atoms with van der Waals surface area (Å²) in [5.74, 6) is 0. The van der Waals surface area contributed by atoms with E-state index in [0.717, 1.165) is 5.56 Å². The maximum atomic E-state index is 12.3. The van der Waals surface area contributed by atoms with Gasteiger partial charge < -0.3 is 0 Å². The molecule has 0 amide bonds. The second-order valence-corrected chi connectivity index (χ2v) is 6.37. The van der Waals surface area contributed by atoms with Gasteiger partial charge in [-0.1, -0.05) is 11.6 Å². The molecule has 7 heteroatoms. The highest BCUT2D eigenvalue weighted by Crippen LogP contribution is 2.17. The van der Waals surface area contributed by atoms with Gasteiger partial charge in [-0.2, -0.15) is 4.31 Å². The standard InChI is InChI=1S/C12H12ClN3O2S/c1-16(9-10-4-6-14-7-5-10)19(17,18)11-2-3-12(13)15-8-11/h2-8H,9H2,1H3. The molecule has 0 aliphatic rings. The minimum Gasteiger partial charge on any atom is -0.265 e. The summed E-state index contributed by atoms with van der Waals surface area (Å²) >= 11 is 5.64. The van der Waals surface area contributed by atoms with Gasteiger partial charge in [0.1, 0.15) is 10.0 Å². The summed E-state index contributed by atoms with van der Waals surface area (Å²) in [6.07, 6.45) is 4.50. The Morgan fingerprint density at radius 3 is 2.47 bits per heavy atom. The van der Waals surface area contributed by atoms with Crippen molar-refractivity contribution in [2.24, 2.45) is 0 Å². The van der Waals surface area contributed by atoms with E-state index in [1.165, 1.54) is 29.7 Å². The van der Waals surface area contributed by atoms with Crippen LogP contribution in [0.2, 0.25) is 5.15 Å². The Labute approximate surface area is 116 Å². The lowest BCUT2D eigenvalue weighted by Gasteiger charge is -2.16. The molecule has 0 bridgehead atoms. The van der Waals surface area contributed by atoms with E-state index in [2.05, 4.69) is 9.97 Å². The average molecular weight is 298 g/mol. The zero-order chi connectivity index (χ0) is 13.9. The lowest BCUT2D eigenvalue weighted by molar-refractivity contribution is 0.466. The number of hydrogen-bond donors (Lipinski definition) is 0. The molecule has 5 nitrogen and oxygen atoms in total. The quantitative estimate of drug-likeness (QED) is 0.809. The summed E-state index contributed by atoms with van der Waals surface area (Å²) in [7, 11) is -2.04. The van der Waals surface area contributed by atoms with Gasteiger partial charge in [-0.3, -0.25) is 4.98 Å². The van der Waals surface area contributed by atoms with Crippen LogP contribution in [0.15, 0.2) is 47.8 Å². The molecule has 0 aromatic carbocycles. The number of nitrogens with zero attached hydrogens (tertiary/aromatic N) is 3. The smallest absolute Gasteiger partial charge is 0.244 e. The summed E-state index contributed by atoms with van der Waals surface area (Å²) in [6, 6.07) is 6.43. The number of aromatic nitrogens is 2. The van der Waals surface area contributed by atoms with Crippen LogP contribution < -0.4 is 0 Å². The van der Waals surface area contributed by atoms with Gasteiger partial charge in [0.2, 0.25) is 10.0 Å². The van der Waals surface area contributed by atoms with Crippen LogP contribution in [0.25, 0.3) is 0 Å². The van der Waals surface area contributed by atoms with Crippen molar-refractivity contribution in [1.82, 2.24) is 14.3 Å². The maximum absolute atomic E-state index is 12.3. The van der Waals surface area contributed by atoms with Crippen LogP contribution in [-0.4, -0.2) is 29.7 Å². The first-order valence-corrected chi connectivity index (χ1v) is 7.29. The van der Waals surface area contributed by atoms with Crippen molar-refractivity contribution in [1.29, 1.82) is 0 Å². The molecule has 19 heavy (non-hydrogen) atoms. The molecule has 2 rings (SSSR count). The first-order chi connectivity index (χ1) is 9.00. The van der Waals surface area contributed by atoms with Crippen LogP contribution >= 0.6 is 11.6 Å². The summed E-state index contributed by atoms with van der Waals surface area (Å²) in [5, 5.41) is 0.260. The molecule has 0 fully saturated rings. The number of halogens is 1. The van der Waals surface area contributed by atoms with Gasteiger partial charge in [-0.25, -0.2) is 13.4 Å². The van der Waals surface area contributed by atoms with E-state index in [1.54, 1.807) is 24.5 Å². The molecule has 0 aliphatic heterocycles. The van der Waals surface area contributed by atoms with Gasteiger partial charge in [0.15, 0.2) is 0 Å². The number of rotatable bonds is 4. The van der Waals surface area contributed by atoms with Crippen molar-refractivity contribution in [3.63, 3.8) is 0 Å². The van der Waals surface area contributed by atoms with Crippen molar-refractivity contribution >= 4 is 21.6 Å². The van der Waals surface area contributed by atoms with Crippen molar-refractivity contribution in [3.8, 4) is 0 Å². The predicted molar refractivity (Wildman–Crippen MR) is 72.1 cm³/mol. The fraction of sp³-hybridized carbons (Fsp3) is 0.167. The second kappa shape index (κ2) is 5.64. The largest absolute Gasteiger partial charge is 0.265 e. The molecule has 0 saturated heterocycles. The minimum absolute atomic E-state index is 0.119. The highest BCUT2D eigenvalue weighted by atomic mass is 35.5. The number of hydrogen-bond acceptors (Lipinski definition) is 4. The van der Waals surface area contributed by atoms with E-state index in [0.29, 0.717) is 0 Å². The Bertz CT molecular complexity index is 644. The van der Waals surface area contributed by atoms with Gasteiger partial charge in [0.25, 0.3) is 0 Å². The Balaban J connectivity index is 2.22. The Morgan fingerprint density at radius 2 is 1.89 bits per heavy atom. The summed E-state index contributed by atoms with van der Waals surface area (Å²) < 4.78 is 25.8. The molecule has 0 saturated carbocycles. The molecule has 2 aromatic rings. The lowest BCUT2D eigenvalue weighted by atomic mass is 10.3. The minimum atomic E-state index is -3.56. The van der Waals surface area contributed by atoms with Gasteiger partial charge in [-0.15, -0.1) is 0 Å². The molecular formula is C12H12ClN3O2S. The lowest BCUT2D eigenvalue weighted by Crippen LogP contribution is -2.26. The Kier molecular flexibility index (Phi) is 4.14. The van der Waals surface area contributed by atoms with Gasteiger partial charge in [0, 0.05) is 32.2 Å². The second-order valence-electron chi connectivity index (χ2n) is 3.93. The van der Waals surface area contributed by atoms with Crippen molar-refractivity contribution in [3.05, 3.63) is 53.6 Å². The highest BCUT2D eigenvalue weighted by Gasteiger charge is 2.21. The first kappa shape index (κ1) is 13.9. The summed E-state index contributed by atoms with van der Waals surface area (Å²) in [4.78, 5) is 7.79. The van der Waals surface area contributed by atoms with Gasteiger partial charge in [-0.05, 0) is 29.8 Å². The molecule has 2 aromatic heterocycles. The Hall–Kier alpha value is -1.50. The molecule has 2 heterocycles. The molecule has 100 valence electrons. The van der Waals surface area contributed by atoms with E-state index < -0.39 is 10.0 Å². The van der Waals surface area contributed by atoms with Crippen molar-refractivity contribution < 1.29 is 8.42 Å². The fourth-order valence-electron chi connectivity index (χ4n) is 1.53. The SMILES string of the molecule is CN(Cc1ccncc1)S(=O)(=O)c1ccc(Cl)nc1. The monoisotopic (exact) mass is 297 g/mol. The normalized spacial score (nSPS) is 11.7. The van der Waals surface area contributed by atoms with Crippen LogP contribution in [0, 0.1) is 0 Å². The number of sulfonamides is 1. The van der Waals surface area contributed by atoms with Crippen LogP contribution in [0.5, 0.6) is 0 Å². The van der Waals surface area contributed by atoms with E-state index in [-0.39, 0.29) is 16.6 Å². The van der Waals surface area contributed by atoms with Gasteiger partial charge >= 0.3 is 0 Å². The summed E-state index contributed by atoms with van der Waals surface area (Å²) in [5.41, 5.74) is 0.864. The molecular weight excluding hydrogens is 286 g/mol. The van der Waals surface area contributed by atoms with Crippen molar-refractivity contribution in [2.45, 2.75) is 11.4 Å². The van der Waals surface area contributed by atoms with Crippen molar-refractivity contribution in [2.75, 3.05) is 7.05 Å². The zero-order valence-corrected chi connectivity index (χ0v) is 11.8. The molecule has 0 radical (unpaired) electrons. The fourth-order valence-corrected chi connectivity index (χ4v) is 2.74. The molecule has 0 spiro atoms. The third-order valence-electron chi connectivity index (χ3n) is 2.56. The highest BCUT2D eigenvalue weighted by molar-refractivity contribution is 7.89. The maximum Gasteiger partial charge on any atom is 0.244 e. The number of pyridine rings is 2. The van der Waals surface area contributed by atoms with Crippen LogP contribution in [0.1, 0.15) is 5.56 Å². The van der Waals surface area contributed by atoms with Crippen LogP contribution in [-0.2, 0) is 16.6 Å². The predicted octanol–water partition coefficient (Wildman–Crippen LogP) is 1.95. The topological polar surface area (TPSA) is 63.2 Å². The van der Waals surface area contributed by atoms with E-state index in [9.17, 15) is 8.42 Å². The molecule has 0 unspecified atom stereocenters. The van der Waals surface area contributed by atoms with Crippen LogP contribution in [0.3, 0.4) is 0 Å².